The van der Waals surface area contributed by atoms with Gasteiger partial charge in [0.05, 0.1) is 0 Å². The number of anilines is 1. The number of amides is 1. The maximum absolute atomic E-state index is 11.9. The first-order chi connectivity index (χ1) is 11.6. The zero-order valence-corrected chi connectivity index (χ0v) is 14.8. The monoisotopic (exact) mass is 329 g/mol. The number of nitrogens with zero attached hydrogens (tertiary/aromatic N) is 1. The first-order valence-electron chi connectivity index (χ1n) is 8.80. The van der Waals surface area contributed by atoms with Crippen LogP contribution >= 0.6 is 0 Å². The number of ether oxygens (including phenoxy) is 1. The number of aromatic amines is 1. The molecule has 2 N–H and O–H groups in total. The molecule has 0 atom stereocenters. The Kier molecular flexibility index (Phi) is 5.21. The molecule has 130 valence electrons. The van der Waals surface area contributed by atoms with Gasteiger partial charge < -0.3 is 15.0 Å². The molecule has 0 saturated heterocycles. The second-order valence-corrected chi connectivity index (χ2v) is 6.91. The minimum atomic E-state index is -0.109. The molecule has 1 aliphatic rings. The fourth-order valence-electron chi connectivity index (χ4n) is 3.41. The summed E-state index contributed by atoms with van der Waals surface area (Å²) < 4.78 is 5.16. The maximum Gasteiger partial charge on any atom is 0.250 e. The van der Waals surface area contributed by atoms with Crippen LogP contribution in [0.15, 0.2) is 18.2 Å². The van der Waals surface area contributed by atoms with E-state index >= 15 is 0 Å². The van der Waals surface area contributed by atoms with Crippen molar-refractivity contribution in [2.45, 2.75) is 33.7 Å². The summed E-state index contributed by atoms with van der Waals surface area (Å²) in [5, 5.41) is 4.13. The molecule has 5 heteroatoms. The van der Waals surface area contributed by atoms with Crippen LogP contribution in [0.5, 0.6) is 0 Å². The number of rotatable bonds is 6. The Labute approximate surface area is 143 Å². The van der Waals surface area contributed by atoms with E-state index in [1.165, 1.54) is 16.6 Å². The number of hydrogen-bond donors (Lipinski definition) is 2. The summed E-state index contributed by atoms with van der Waals surface area (Å²) in [5.74, 6) is 0.562. The van der Waals surface area contributed by atoms with Crippen molar-refractivity contribution in [2.24, 2.45) is 5.92 Å². The summed E-state index contributed by atoms with van der Waals surface area (Å²) in [4.78, 5) is 17.9. The van der Waals surface area contributed by atoms with E-state index in [9.17, 15) is 4.79 Å². The highest BCUT2D eigenvalue weighted by Crippen LogP contribution is 2.30. The normalized spacial score (nSPS) is 15.0. The molecule has 2 heterocycles. The van der Waals surface area contributed by atoms with E-state index in [0.717, 1.165) is 37.3 Å². The fraction of sp³-hybridized carbons (Fsp3) is 0.526. The molecule has 1 amide bonds. The van der Waals surface area contributed by atoms with Gasteiger partial charge in [0.1, 0.15) is 6.61 Å². The summed E-state index contributed by atoms with van der Waals surface area (Å²) in [6.45, 7) is 10.3. The smallest absolute Gasteiger partial charge is 0.250 e. The summed E-state index contributed by atoms with van der Waals surface area (Å²) in [6.07, 6.45) is 1.06. The van der Waals surface area contributed by atoms with Crippen LogP contribution in [0.2, 0.25) is 0 Å². The standard InChI is InChI=1S/C19H27N3O2/c1-4-24-12-19(23)20-14-5-6-17-15(9-14)16-11-22(10-13(2)3)8-7-18(16)21-17/h5-6,9,13,21H,4,7-8,10-12H2,1-3H3,(H,20,23). The van der Waals surface area contributed by atoms with Gasteiger partial charge in [0.25, 0.3) is 0 Å². The van der Waals surface area contributed by atoms with Gasteiger partial charge in [0, 0.05) is 54.9 Å². The van der Waals surface area contributed by atoms with Gasteiger partial charge in [-0.05, 0) is 36.6 Å². The molecule has 0 radical (unpaired) electrons. The van der Waals surface area contributed by atoms with Crippen molar-refractivity contribution in [3.8, 4) is 0 Å². The van der Waals surface area contributed by atoms with Gasteiger partial charge in [-0.3, -0.25) is 9.69 Å². The molecule has 0 bridgehead atoms. The number of carbonyl (C=O) groups excluding carboxylic acids is 1. The van der Waals surface area contributed by atoms with Gasteiger partial charge in [-0.15, -0.1) is 0 Å². The molecule has 24 heavy (non-hydrogen) atoms. The number of aromatic nitrogens is 1. The van der Waals surface area contributed by atoms with Crippen LogP contribution in [0.3, 0.4) is 0 Å². The van der Waals surface area contributed by atoms with E-state index < -0.39 is 0 Å². The van der Waals surface area contributed by atoms with Crippen LogP contribution in [-0.4, -0.2) is 42.1 Å². The van der Waals surface area contributed by atoms with Crippen LogP contribution in [0, 0.1) is 5.92 Å². The second-order valence-electron chi connectivity index (χ2n) is 6.91. The lowest BCUT2D eigenvalue weighted by atomic mass is 10.0. The number of H-pyrrole nitrogens is 1. The number of benzene rings is 1. The Morgan fingerprint density at radius 3 is 3.00 bits per heavy atom. The van der Waals surface area contributed by atoms with Crippen LogP contribution in [0.25, 0.3) is 10.9 Å². The number of fused-ring (bicyclic) bond motifs is 3. The lowest BCUT2D eigenvalue weighted by Gasteiger charge is -2.28. The molecule has 0 spiro atoms. The summed E-state index contributed by atoms with van der Waals surface area (Å²) in [5.41, 5.74) is 4.68. The molecule has 0 fully saturated rings. The van der Waals surface area contributed by atoms with Crippen molar-refractivity contribution < 1.29 is 9.53 Å². The zero-order valence-electron chi connectivity index (χ0n) is 14.8. The molecule has 2 aromatic rings. The van der Waals surface area contributed by atoms with Gasteiger partial charge in [-0.1, -0.05) is 13.8 Å². The van der Waals surface area contributed by atoms with Crippen LogP contribution in [0.4, 0.5) is 5.69 Å². The second kappa shape index (κ2) is 7.36. The van der Waals surface area contributed by atoms with Crippen molar-refractivity contribution in [3.05, 3.63) is 29.5 Å². The first kappa shape index (κ1) is 17.0. The van der Waals surface area contributed by atoms with Crippen molar-refractivity contribution in [2.75, 3.05) is 31.6 Å². The van der Waals surface area contributed by atoms with E-state index in [0.29, 0.717) is 12.5 Å². The molecule has 1 aliphatic heterocycles. The van der Waals surface area contributed by atoms with Crippen LogP contribution < -0.4 is 5.32 Å². The summed E-state index contributed by atoms with van der Waals surface area (Å²) in [6, 6.07) is 6.07. The molecule has 0 aliphatic carbocycles. The Morgan fingerprint density at radius 2 is 2.25 bits per heavy atom. The van der Waals surface area contributed by atoms with Gasteiger partial charge >= 0.3 is 0 Å². The third-order valence-corrected chi connectivity index (χ3v) is 4.40. The predicted octanol–water partition coefficient (Wildman–Crippen LogP) is 3.16. The molecule has 1 aromatic carbocycles. The molecule has 5 nitrogen and oxygen atoms in total. The minimum Gasteiger partial charge on any atom is -0.372 e. The van der Waals surface area contributed by atoms with Crippen molar-refractivity contribution in [1.29, 1.82) is 0 Å². The van der Waals surface area contributed by atoms with Crippen LogP contribution in [0.1, 0.15) is 32.0 Å². The minimum absolute atomic E-state index is 0.0992. The summed E-state index contributed by atoms with van der Waals surface area (Å²) in [7, 11) is 0. The highest BCUT2D eigenvalue weighted by molar-refractivity contribution is 5.95. The Balaban J connectivity index is 1.81. The highest BCUT2D eigenvalue weighted by atomic mass is 16.5. The fourth-order valence-corrected chi connectivity index (χ4v) is 3.41. The average molecular weight is 329 g/mol. The van der Waals surface area contributed by atoms with Crippen molar-refractivity contribution >= 4 is 22.5 Å². The van der Waals surface area contributed by atoms with Crippen LogP contribution in [-0.2, 0) is 22.5 Å². The van der Waals surface area contributed by atoms with Crippen molar-refractivity contribution in [1.82, 2.24) is 9.88 Å². The van der Waals surface area contributed by atoms with Crippen molar-refractivity contribution in [3.63, 3.8) is 0 Å². The lowest BCUT2D eigenvalue weighted by molar-refractivity contribution is -0.120. The molecular weight excluding hydrogens is 302 g/mol. The number of carbonyl (C=O) groups is 1. The largest absolute Gasteiger partial charge is 0.372 e. The Morgan fingerprint density at radius 1 is 1.42 bits per heavy atom. The van der Waals surface area contributed by atoms with E-state index in [1.807, 2.05) is 13.0 Å². The van der Waals surface area contributed by atoms with Gasteiger partial charge in [-0.2, -0.15) is 0 Å². The molecular formula is C19H27N3O2. The van der Waals surface area contributed by atoms with E-state index in [-0.39, 0.29) is 12.5 Å². The van der Waals surface area contributed by atoms with Gasteiger partial charge in [0.2, 0.25) is 5.91 Å². The molecule has 0 unspecified atom stereocenters. The molecule has 0 saturated carbocycles. The highest BCUT2D eigenvalue weighted by Gasteiger charge is 2.21. The molecule has 1 aromatic heterocycles. The summed E-state index contributed by atoms with van der Waals surface area (Å²) >= 11 is 0. The van der Waals surface area contributed by atoms with Gasteiger partial charge in [0.15, 0.2) is 0 Å². The first-order valence-corrected chi connectivity index (χ1v) is 8.80. The van der Waals surface area contributed by atoms with E-state index in [1.54, 1.807) is 0 Å². The quantitative estimate of drug-likeness (QED) is 0.856. The Bertz CT molecular complexity index is 721. The lowest BCUT2D eigenvalue weighted by Crippen LogP contribution is -2.33. The maximum atomic E-state index is 11.9. The predicted molar refractivity (Wildman–Crippen MR) is 97.2 cm³/mol. The third-order valence-electron chi connectivity index (χ3n) is 4.40. The van der Waals surface area contributed by atoms with E-state index in [2.05, 4.69) is 41.2 Å². The Hall–Kier alpha value is -1.85. The zero-order chi connectivity index (χ0) is 17.1. The van der Waals surface area contributed by atoms with E-state index in [4.69, 9.17) is 4.74 Å². The number of hydrogen-bond acceptors (Lipinski definition) is 3. The SMILES string of the molecule is CCOCC(=O)Nc1ccc2[nH]c3c(c2c1)CN(CC(C)C)CC3. The third kappa shape index (κ3) is 3.79. The topological polar surface area (TPSA) is 57.4 Å². The number of nitrogens with one attached hydrogen (secondary N) is 2. The molecule has 3 rings (SSSR count). The van der Waals surface area contributed by atoms with Gasteiger partial charge in [-0.25, -0.2) is 0 Å². The average Bonchev–Trinajstić information content (AvgIpc) is 2.90.